The van der Waals surface area contributed by atoms with Gasteiger partial charge in [0.1, 0.15) is 11.4 Å². The average molecular weight is 614 g/mol. The molecule has 43 heavy (non-hydrogen) atoms. The van der Waals surface area contributed by atoms with Crippen LogP contribution in [0.1, 0.15) is 50.1 Å². The molecule has 0 saturated heterocycles. The van der Waals surface area contributed by atoms with Gasteiger partial charge in [0, 0.05) is 18.7 Å². The zero-order valence-electron chi connectivity index (χ0n) is 23.3. The Bertz CT molecular complexity index is 1430. The molecule has 2 heterocycles. The molecule has 2 aromatic heterocycles. The number of allylic oxidation sites excluding steroid dienone is 1. The second kappa shape index (κ2) is 13.4. The molecule has 15 heteroatoms. The summed E-state index contributed by atoms with van der Waals surface area (Å²) in [5, 5.41) is 19.0. The number of benzene rings is 1. The molecule has 9 nitrogen and oxygen atoms in total. The molecule has 3 aromatic rings. The summed E-state index contributed by atoms with van der Waals surface area (Å²) in [4.78, 5) is 15.9. The standard InChI is InChI=1S/C28H29F6N5O4/c1-5-7-14-26(28(32,33)34,42-17-19-12-10-9-11-13-19)25-37-36-24(43-25)22-21(39(40)41)16-20(27(29,30)31)23(35-22)38(18(3)4)15-8-6-2/h5-6,9-13,16,18H,1-2,7-8,14-15,17H2,3-4H3. The van der Waals surface area contributed by atoms with Crippen LogP contribution in [0.25, 0.3) is 11.6 Å². The predicted octanol–water partition coefficient (Wildman–Crippen LogP) is 7.79. The van der Waals surface area contributed by atoms with E-state index in [9.17, 15) is 36.5 Å². The summed E-state index contributed by atoms with van der Waals surface area (Å²) in [6.45, 7) is 9.66. The fraction of sp³-hybridized carbons (Fsp3) is 0.393. The minimum absolute atomic E-state index is 0.00957. The van der Waals surface area contributed by atoms with E-state index in [0.29, 0.717) is 5.56 Å². The number of alkyl halides is 6. The molecular weight excluding hydrogens is 584 g/mol. The van der Waals surface area contributed by atoms with Crippen molar-refractivity contribution in [1.29, 1.82) is 0 Å². The summed E-state index contributed by atoms with van der Waals surface area (Å²) < 4.78 is 97.2. The lowest BCUT2D eigenvalue weighted by atomic mass is 9.96. The molecule has 0 spiro atoms. The molecule has 0 saturated carbocycles. The molecule has 0 aliphatic carbocycles. The smallest absolute Gasteiger partial charge is 0.415 e. The number of halogens is 6. The second-order valence-corrected chi connectivity index (χ2v) is 9.69. The van der Waals surface area contributed by atoms with E-state index in [1.807, 2.05) is 0 Å². The van der Waals surface area contributed by atoms with Gasteiger partial charge >= 0.3 is 18.0 Å². The maximum Gasteiger partial charge on any atom is 0.426 e. The third kappa shape index (κ3) is 7.39. The number of nitro groups is 1. The van der Waals surface area contributed by atoms with Gasteiger partial charge in [0.2, 0.25) is 11.3 Å². The van der Waals surface area contributed by atoms with Crippen LogP contribution in [0.3, 0.4) is 0 Å². The van der Waals surface area contributed by atoms with Gasteiger partial charge in [-0.15, -0.1) is 23.4 Å². The van der Waals surface area contributed by atoms with Crippen molar-refractivity contribution in [1.82, 2.24) is 15.2 Å². The summed E-state index contributed by atoms with van der Waals surface area (Å²) >= 11 is 0. The first kappa shape index (κ1) is 33.2. The molecule has 0 N–H and O–H groups in total. The molecule has 0 radical (unpaired) electrons. The van der Waals surface area contributed by atoms with Crippen LogP contribution >= 0.6 is 0 Å². The van der Waals surface area contributed by atoms with Crippen LogP contribution in [0.5, 0.6) is 0 Å². The molecule has 0 aliphatic heterocycles. The highest BCUT2D eigenvalue weighted by atomic mass is 19.4. The highest BCUT2D eigenvalue weighted by molar-refractivity contribution is 5.68. The van der Waals surface area contributed by atoms with Crippen molar-refractivity contribution in [3.8, 4) is 11.6 Å². The second-order valence-electron chi connectivity index (χ2n) is 9.69. The predicted molar refractivity (Wildman–Crippen MR) is 145 cm³/mol. The average Bonchev–Trinajstić information content (AvgIpc) is 3.42. The first-order chi connectivity index (χ1) is 20.2. The Morgan fingerprint density at radius 2 is 1.72 bits per heavy atom. The number of rotatable bonds is 14. The van der Waals surface area contributed by atoms with Crippen molar-refractivity contribution >= 4 is 11.5 Å². The number of ether oxygens (including phenoxy) is 1. The Morgan fingerprint density at radius 3 is 2.26 bits per heavy atom. The third-order valence-corrected chi connectivity index (χ3v) is 6.41. The molecule has 0 aliphatic rings. The van der Waals surface area contributed by atoms with Crippen LogP contribution in [0.15, 0.2) is 66.1 Å². The Morgan fingerprint density at radius 1 is 1.07 bits per heavy atom. The Hall–Kier alpha value is -4.27. The highest BCUT2D eigenvalue weighted by Crippen LogP contribution is 2.47. The normalized spacial score (nSPS) is 13.5. The molecule has 1 atom stereocenters. The zero-order valence-corrected chi connectivity index (χ0v) is 23.3. The summed E-state index contributed by atoms with van der Waals surface area (Å²) in [5.74, 6) is -2.68. The topological polar surface area (TPSA) is 107 Å². The van der Waals surface area contributed by atoms with E-state index >= 15 is 0 Å². The lowest BCUT2D eigenvalue weighted by Crippen LogP contribution is -2.45. The van der Waals surface area contributed by atoms with E-state index in [0.717, 1.165) is 0 Å². The molecular formula is C28H29F6N5O4. The van der Waals surface area contributed by atoms with E-state index in [2.05, 4.69) is 28.3 Å². The van der Waals surface area contributed by atoms with Gasteiger partial charge in [0.25, 0.3) is 11.8 Å². The molecule has 1 aromatic carbocycles. The SMILES string of the molecule is C=CCCN(c1nc(-c2nnc(C(CCC=C)(OCc3ccccc3)C(F)(F)F)o2)c([N+](=O)[O-])cc1C(F)(F)F)C(C)C. The van der Waals surface area contributed by atoms with Gasteiger partial charge in [-0.2, -0.15) is 26.3 Å². The molecule has 0 fully saturated rings. The van der Waals surface area contributed by atoms with Gasteiger partial charge in [-0.05, 0) is 38.7 Å². The van der Waals surface area contributed by atoms with Crippen LogP contribution in [-0.4, -0.2) is 38.9 Å². The van der Waals surface area contributed by atoms with E-state index in [1.165, 1.54) is 29.2 Å². The van der Waals surface area contributed by atoms with Crippen LogP contribution in [0, 0.1) is 10.1 Å². The zero-order chi connectivity index (χ0) is 32.0. The molecule has 3 rings (SSSR count). The van der Waals surface area contributed by atoms with Crippen molar-refractivity contribution in [2.75, 3.05) is 11.4 Å². The van der Waals surface area contributed by atoms with Gasteiger partial charge in [-0.3, -0.25) is 10.1 Å². The molecule has 0 bridgehead atoms. The Kier molecular flexibility index (Phi) is 10.3. The number of pyridine rings is 1. The highest BCUT2D eigenvalue weighted by Gasteiger charge is 2.61. The van der Waals surface area contributed by atoms with Gasteiger partial charge in [-0.25, -0.2) is 4.98 Å². The quantitative estimate of drug-likeness (QED) is 0.0785. The molecule has 232 valence electrons. The number of anilines is 1. The van der Waals surface area contributed by atoms with E-state index < -0.39 is 76.5 Å². The van der Waals surface area contributed by atoms with Gasteiger partial charge in [-0.1, -0.05) is 42.5 Å². The fourth-order valence-corrected chi connectivity index (χ4v) is 4.21. The first-order valence-electron chi connectivity index (χ1n) is 13.0. The molecule has 1 unspecified atom stereocenters. The van der Waals surface area contributed by atoms with Gasteiger partial charge < -0.3 is 14.1 Å². The van der Waals surface area contributed by atoms with Gasteiger partial charge in [0.15, 0.2) is 0 Å². The van der Waals surface area contributed by atoms with E-state index in [1.54, 1.807) is 32.0 Å². The number of nitrogens with zero attached hydrogens (tertiary/aromatic N) is 5. The van der Waals surface area contributed by atoms with Crippen molar-refractivity contribution in [3.05, 3.63) is 88.8 Å². The van der Waals surface area contributed by atoms with Crippen LogP contribution in [0.4, 0.5) is 37.8 Å². The monoisotopic (exact) mass is 613 g/mol. The van der Waals surface area contributed by atoms with Gasteiger partial charge in [0.05, 0.1) is 11.5 Å². The van der Waals surface area contributed by atoms with Crippen molar-refractivity contribution in [3.63, 3.8) is 0 Å². The summed E-state index contributed by atoms with van der Waals surface area (Å²) in [6.07, 6.45) is -8.21. The fourth-order valence-electron chi connectivity index (χ4n) is 4.21. The minimum atomic E-state index is -5.13. The first-order valence-corrected chi connectivity index (χ1v) is 13.0. The number of aromatic nitrogens is 3. The maximum atomic E-state index is 14.7. The number of hydrogen-bond acceptors (Lipinski definition) is 8. The van der Waals surface area contributed by atoms with E-state index in [4.69, 9.17) is 9.15 Å². The van der Waals surface area contributed by atoms with Crippen LogP contribution in [0.2, 0.25) is 0 Å². The maximum absolute atomic E-state index is 14.7. The minimum Gasteiger partial charge on any atom is -0.415 e. The van der Waals surface area contributed by atoms with Crippen LogP contribution < -0.4 is 4.90 Å². The van der Waals surface area contributed by atoms with Crippen molar-refractivity contribution in [2.45, 2.75) is 63.7 Å². The Labute approximate surface area is 243 Å². The van der Waals surface area contributed by atoms with Crippen molar-refractivity contribution in [2.24, 2.45) is 0 Å². The lowest BCUT2D eigenvalue weighted by Gasteiger charge is -2.32. The van der Waals surface area contributed by atoms with Crippen molar-refractivity contribution < 1.29 is 40.4 Å². The summed E-state index contributed by atoms with van der Waals surface area (Å²) in [6, 6.07) is 7.64. The lowest BCUT2D eigenvalue weighted by molar-refractivity contribution is -0.384. The third-order valence-electron chi connectivity index (χ3n) is 6.41. The van der Waals surface area contributed by atoms with E-state index in [-0.39, 0.29) is 25.5 Å². The largest absolute Gasteiger partial charge is 0.426 e. The summed E-state index contributed by atoms with van der Waals surface area (Å²) in [5.41, 5.74) is -6.22. The summed E-state index contributed by atoms with van der Waals surface area (Å²) in [7, 11) is 0. The Balaban J connectivity index is 2.25. The van der Waals surface area contributed by atoms with Crippen LogP contribution in [-0.2, 0) is 23.1 Å². The molecule has 0 amide bonds. The number of hydrogen-bond donors (Lipinski definition) is 0.